The Kier molecular flexibility index (Phi) is 5.84. The van der Waals surface area contributed by atoms with Crippen molar-refractivity contribution in [3.05, 3.63) is 136 Å². The van der Waals surface area contributed by atoms with Gasteiger partial charge in [-0.2, -0.15) is 0 Å². The van der Waals surface area contributed by atoms with Crippen LogP contribution in [0.2, 0.25) is 0 Å². The highest BCUT2D eigenvalue weighted by atomic mass is 79.9. The molecule has 5 aromatic rings. The van der Waals surface area contributed by atoms with E-state index in [1.807, 2.05) is 98.0 Å². The second-order valence-electron chi connectivity index (χ2n) is 8.35. The zero-order valence-corrected chi connectivity index (χ0v) is 20.6. The third-order valence-corrected chi connectivity index (χ3v) is 6.96. The molecule has 0 aliphatic heterocycles. The molecule has 0 saturated carbocycles. The van der Waals surface area contributed by atoms with Gasteiger partial charge in [-0.25, -0.2) is 0 Å². The molecule has 0 radical (unpaired) electrons. The SMILES string of the molecule is COc1ccc(C(C(=O)c2ccccc2)(c2ccccc2)c2cn(C)c3cc(Br)ccc23)cc1. The molecule has 1 heterocycles. The molecule has 5 rings (SSSR count). The number of ether oxygens (including phenoxy) is 1. The summed E-state index contributed by atoms with van der Waals surface area (Å²) in [7, 11) is 3.67. The Morgan fingerprint density at radius 1 is 0.824 bits per heavy atom. The minimum absolute atomic E-state index is 0.0277. The van der Waals surface area contributed by atoms with E-state index >= 15 is 0 Å². The Morgan fingerprint density at radius 2 is 1.44 bits per heavy atom. The first-order chi connectivity index (χ1) is 16.6. The molecule has 1 unspecified atom stereocenters. The van der Waals surface area contributed by atoms with Crippen molar-refractivity contribution >= 4 is 32.6 Å². The Morgan fingerprint density at radius 3 is 2.09 bits per heavy atom. The summed E-state index contributed by atoms with van der Waals surface area (Å²) >= 11 is 3.60. The van der Waals surface area contributed by atoms with Gasteiger partial charge in [0.05, 0.1) is 7.11 Å². The standard InChI is InChI=1S/C30H24BrNO2/c1-32-20-27(26-18-15-24(31)19-28(26)32)30(22-11-7-4-8-12-22,23-13-16-25(34-2)17-14-23)29(33)21-9-5-3-6-10-21/h3-20H,1-2H3. The van der Waals surface area contributed by atoms with E-state index in [4.69, 9.17) is 4.74 Å². The first-order valence-corrected chi connectivity index (χ1v) is 11.9. The number of hydrogen-bond donors (Lipinski definition) is 0. The number of hydrogen-bond acceptors (Lipinski definition) is 2. The molecule has 168 valence electrons. The number of fused-ring (bicyclic) bond motifs is 1. The van der Waals surface area contributed by atoms with Gasteiger partial charge in [-0.05, 0) is 35.4 Å². The molecule has 0 fully saturated rings. The van der Waals surface area contributed by atoms with Crippen molar-refractivity contribution in [3.8, 4) is 5.75 Å². The molecular formula is C30H24BrNO2. The van der Waals surface area contributed by atoms with Crippen LogP contribution >= 0.6 is 15.9 Å². The summed E-state index contributed by atoms with van der Waals surface area (Å²) in [5.74, 6) is 0.777. The molecule has 0 N–H and O–H groups in total. The van der Waals surface area contributed by atoms with E-state index in [0.717, 1.165) is 37.8 Å². The van der Waals surface area contributed by atoms with Crippen molar-refractivity contribution in [3.63, 3.8) is 0 Å². The van der Waals surface area contributed by atoms with Gasteiger partial charge in [0.1, 0.15) is 11.2 Å². The maximum atomic E-state index is 14.7. The number of methoxy groups -OCH3 is 1. The summed E-state index contributed by atoms with van der Waals surface area (Å²) in [6.45, 7) is 0. The highest BCUT2D eigenvalue weighted by Gasteiger charge is 2.45. The zero-order chi connectivity index (χ0) is 23.7. The van der Waals surface area contributed by atoms with Gasteiger partial charge in [0.25, 0.3) is 0 Å². The van der Waals surface area contributed by atoms with Gasteiger partial charge in [0.15, 0.2) is 5.78 Å². The fourth-order valence-electron chi connectivity index (χ4n) is 4.85. The molecule has 4 heteroatoms. The van der Waals surface area contributed by atoms with Crippen molar-refractivity contribution in [2.75, 3.05) is 7.11 Å². The van der Waals surface area contributed by atoms with E-state index in [-0.39, 0.29) is 5.78 Å². The lowest BCUT2D eigenvalue weighted by atomic mass is 9.65. The summed E-state index contributed by atoms with van der Waals surface area (Å²) in [4.78, 5) is 14.7. The number of Topliss-reactive ketones (excluding diaryl/α,β-unsaturated/α-hetero) is 1. The number of carbonyl (C=O) groups excluding carboxylic acids is 1. The predicted octanol–water partition coefficient (Wildman–Crippen LogP) is 7.17. The number of halogens is 1. The smallest absolute Gasteiger partial charge is 0.182 e. The van der Waals surface area contributed by atoms with Crippen LogP contribution in [0.15, 0.2) is 114 Å². The number of rotatable bonds is 6. The number of aromatic nitrogens is 1. The summed E-state index contributed by atoms with van der Waals surface area (Å²) in [5, 5.41) is 1.04. The van der Waals surface area contributed by atoms with Gasteiger partial charge < -0.3 is 9.30 Å². The summed E-state index contributed by atoms with van der Waals surface area (Å²) in [6.07, 6.45) is 2.09. The third kappa shape index (κ3) is 3.55. The van der Waals surface area contributed by atoms with E-state index in [9.17, 15) is 4.79 Å². The lowest BCUT2D eigenvalue weighted by Crippen LogP contribution is -2.38. The van der Waals surface area contributed by atoms with Crippen molar-refractivity contribution in [1.82, 2.24) is 4.57 Å². The summed E-state index contributed by atoms with van der Waals surface area (Å²) < 4.78 is 8.52. The second-order valence-corrected chi connectivity index (χ2v) is 9.27. The fraction of sp³-hybridized carbons (Fsp3) is 0.100. The van der Waals surface area contributed by atoms with Gasteiger partial charge in [-0.3, -0.25) is 4.79 Å². The Balaban J connectivity index is 1.93. The highest BCUT2D eigenvalue weighted by molar-refractivity contribution is 9.10. The number of nitrogens with zero attached hydrogens (tertiary/aromatic N) is 1. The largest absolute Gasteiger partial charge is 0.497 e. The van der Waals surface area contributed by atoms with Gasteiger partial charge >= 0.3 is 0 Å². The molecule has 0 aliphatic carbocycles. The Hall–Kier alpha value is -3.63. The average molecular weight is 510 g/mol. The van der Waals surface area contributed by atoms with Crippen LogP contribution in [0, 0.1) is 0 Å². The van der Waals surface area contributed by atoms with Crippen LogP contribution in [0.1, 0.15) is 27.0 Å². The molecule has 1 atom stereocenters. The molecule has 0 amide bonds. The normalized spacial score (nSPS) is 12.9. The van der Waals surface area contributed by atoms with Gasteiger partial charge in [-0.1, -0.05) is 94.8 Å². The van der Waals surface area contributed by atoms with E-state index in [1.165, 1.54) is 0 Å². The predicted molar refractivity (Wildman–Crippen MR) is 141 cm³/mol. The first kappa shape index (κ1) is 22.2. The molecular weight excluding hydrogens is 486 g/mol. The van der Waals surface area contributed by atoms with E-state index < -0.39 is 5.41 Å². The molecule has 0 spiro atoms. The second kappa shape index (κ2) is 8.96. The average Bonchev–Trinajstić information content (AvgIpc) is 3.21. The van der Waals surface area contributed by atoms with Gasteiger partial charge in [-0.15, -0.1) is 0 Å². The summed E-state index contributed by atoms with van der Waals surface area (Å²) in [6, 6.07) is 33.7. The zero-order valence-electron chi connectivity index (χ0n) is 19.0. The molecule has 4 aromatic carbocycles. The lowest BCUT2D eigenvalue weighted by molar-refractivity contribution is 0.0935. The maximum Gasteiger partial charge on any atom is 0.182 e. The van der Waals surface area contributed by atoms with Gasteiger partial charge in [0.2, 0.25) is 0 Å². The van der Waals surface area contributed by atoms with Crippen LogP contribution in [0.4, 0.5) is 0 Å². The Bertz CT molecular complexity index is 1460. The van der Waals surface area contributed by atoms with Crippen LogP contribution in [-0.2, 0) is 12.5 Å². The fourth-order valence-corrected chi connectivity index (χ4v) is 5.20. The minimum Gasteiger partial charge on any atom is -0.497 e. The monoisotopic (exact) mass is 509 g/mol. The van der Waals surface area contributed by atoms with E-state index in [0.29, 0.717) is 5.56 Å². The number of benzene rings is 4. The maximum absolute atomic E-state index is 14.7. The van der Waals surface area contributed by atoms with Crippen LogP contribution in [0.5, 0.6) is 5.75 Å². The van der Waals surface area contributed by atoms with Gasteiger partial charge in [0, 0.05) is 39.7 Å². The molecule has 0 bridgehead atoms. The van der Waals surface area contributed by atoms with E-state index in [2.05, 4.69) is 38.8 Å². The highest BCUT2D eigenvalue weighted by Crippen LogP contribution is 2.46. The van der Waals surface area contributed by atoms with Crippen molar-refractivity contribution < 1.29 is 9.53 Å². The third-order valence-electron chi connectivity index (χ3n) is 6.46. The van der Waals surface area contributed by atoms with Crippen molar-refractivity contribution in [1.29, 1.82) is 0 Å². The molecule has 3 nitrogen and oxygen atoms in total. The topological polar surface area (TPSA) is 31.2 Å². The van der Waals surface area contributed by atoms with Crippen LogP contribution in [0.25, 0.3) is 10.9 Å². The van der Waals surface area contributed by atoms with Crippen molar-refractivity contribution in [2.24, 2.45) is 7.05 Å². The van der Waals surface area contributed by atoms with Crippen LogP contribution < -0.4 is 4.74 Å². The minimum atomic E-state index is -1.05. The molecule has 1 aromatic heterocycles. The summed E-state index contributed by atoms with van der Waals surface area (Å²) in [5.41, 5.74) is 3.42. The van der Waals surface area contributed by atoms with Crippen molar-refractivity contribution in [2.45, 2.75) is 5.41 Å². The molecule has 34 heavy (non-hydrogen) atoms. The van der Waals surface area contributed by atoms with E-state index in [1.54, 1.807) is 7.11 Å². The number of carbonyl (C=O) groups is 1. The number of ketones is 1. The van der Waals surface area contributed by atoms with Crippen LogP contribution in [-0.4, -0.2) is 17.5 Å². The lowest BCUT2D eigenvalue weighted by Gasteiger charge is -2.34. The first-order valence-electron chi connectivity index (χ1n) is 11.1. The quantitative estimate of drug-likeness (QED) is 0.227. The van der Waals surface area contributed by atoms with Crippen LogP contribution in [0.3, 0.4) is 0 Å². The number of aryl methyl sites for hydroxylation is 1. The Labute approximate surface area is 207 Å². The molecule has 0 aliphatic rings. The molecule has 0 saturated heterocycles.